The zero-order valence-corrected chi connectivity index (χ0v) is 15.5. The molecule has 2 unspecified atom stereocenters. The summed E-state index contributed by atoms with van der Waals surface area (Å²) in [6, 6.07) is 8.73. The zero-order valence-electron chi connectivity index (χ0n) is 13.0. The van der Waals surface area contributed by atoms with Gasteiger partial charge in [-0.05, 0) is 30.7 Å². The van der Waals surface area contributed by atoms with Crippen molar-refractivity contribution in [2.45, 2.75) is 48.4 Å². The lowest BCUT2D eigenvalue weighted by Gasteiger charge is -2.39. The van der Waals surface area contributed by atoms with Crippen molar-refractivity contribution >= 4 is 40.2 Å². The van der Waals surface area contributed by atoms with Crippen molar-refractivity contribution in [1.82, 2.24) is 0 Å². The standard InChI is InChI=1S/C16H23NO3S3/c18-23(19,20)11-12(10-21)16-17(13-6-2-1-3-7-13)14-8-4-5-9-15(14)22-16/h4-5,8-9,12-13,16,21H,1-3,6-7,10-11H2,(H,18,19,20). The van der Waals surface area contributed by atoms with Crippen molar-refractivity contribution in [3.05, 3.63) is 24.3 Å². The molecule has 0 spiro atoms. The average molecular weight is 374 g/mol. The minimum atomic E-state index is -4.00. The monoisotopic (exact) mass is 373 g/mol. The topological polar surface area (TPSA) is 57.6 Å². The molecule has 1 N–H and O–H groups in total. The lowest BCUT2D eigenvalue weighted by molar-refractivity contribution is 0.391. The largest absolute Gasteiger partial charge is 0.355 e. The van der Waals surface area contributed by atoms with Crippen LogP contribution in [0.2, 0.25) is 0 Å². The van der Waals surface area contributed by atoms with Gasteiger partial charge in [0.2, 0.25) is 0 Å². The summed E-state index contributed by atoms with van der Waals surface area (Å²) in [5.74, 6) is 0.00713. The molecule has 1 saturated carbocycles. The van der Waals surface area contributed by atoms with Crippen LogP contribution in [-0.2, 0) is 10.1 Å². The molecule has 1 aromatic rings. The molecule has 128 valence electrons. The molecule has 0 bridgehead atoms. The molecule has 2 aliphatic rings. The lowest BCUT2D eigenvalue weighted by atomic mass is 9.93. The van der Waals surface area contributed by atoms with Crippen LogP contribution in [0.1, 0.15) is 32.1 Å². The van der Waals surface area contributed by atoms with E-state index in [9.17, 15) is 13.0 Å². The predicted molar refractivity (Wildman–Crippen MR) is 99.2 cm³/mol. The third kappa shape index (κ3) is 4.00. The molecule has 1 fully saturated rings. The van der Waals surface area contributed by atoms with Crippen LogP contribution in [0.3, 0.4) is 0 Å². The Hall–Kier alpha value is -0.370. The Morgan fingerprint density at radius 2 is 1.96 bits per heavy atom. The molecule has 1 heterocycles. The van der Waals surface area contributed by atoms with Crippen LogP contribution in [-0.4, -0.2) is 35.9 Å². The quantitative estimate of drug-likeness (QED) is 0.609. The van der Waals surface area contributed by atoms with Gasteiger partial charge in [0.25, 0.3) is 10.1 Å². The highest BCUT2D eigenvalue weighted by Crippen LogP contribution is 2.49. The van der Waals surface area contributed by atoms with Gasteiger partial charge < -0.3 is 4.90 Å². The number of hydrogen-bond acceptors (Lipinski definition) is 5. The molecule has 1 aliphatic heterocycles. The third-order valence-corrected chi connectivity index (χ3v) is 7.47. The molecule has 1 aromatic carbocycles. The van der Waals surface area contributed by atoms with Gasteiger partial charge in [-0.2, -0.15) is 21.0 Å². The summed E-state index contributed by atoms with van der Waals surface area (Å²) < 4.78 is 32.1. The first-order valence-corrected chi connectivity index (χ1v) is 11.2. The molecule has 0 radical (unpaired) electrons. The highest BCUT2D eigenvalue weighted by molar-refractivity contribution is 8.00. The Balaban J connectivity index is 1.91. The fourth-order valence-corrected chi connectivity index (χ4v) is 6.78. The Labute approximate surface area is 148 Å². The summed E-state index contributed by atoms with van der Waals surface area (Å²) in [5, 5.41) is 0.0231. The van der Waals surface area contributed by atoms with E-state index in [4.69, 9.17) is 0 Å². The highest BCUT2D eigenvalue weighted by atomic mass is 32.2. The van der Waals surface area contributed by atoms with Gasteiger partial charge in [0, 0.05) is 16.9 Å². The molecule has 7 heteroatoms. The number of hydrogen-bond donors (Lipinski definition) is 2. The van der Waals surface area contributed by atoms with E-state index < -0.39 is 10.1 Å². The van der Waals surface area contributed by atoms with Crippen LogP contribution in [0.4, 0.5) is 5.69 Å². The van der Waals surface area contributed by atoms with Crippen LogP contribution in [0.5, 0.6) is 0 Å². The molecule has 4 nitrogen and oxygen atoms in total. The summed E-state index contributed by atoms with van der Waals surface area (Å²) in [6.07, 6.45) is 6.03. The Morgan fingerprint density at radius 1 is 1.26 bits per heavy atom. The number of rotatable bonds is 5. The van der Waals surface area contributed by atoms with Crippen molar-refractivity contribution < 1.29 is 13.0 Å². The van der Waals surface area contributed by atoms with E-state index in [2.05, 4.69) is 29.7 Å². The summed E-state index contributed by atoms with van der Waals surface area (Å²) >= 11 is 6.08. The van der Waals surface area contributed by atoms with Gasteiger partial charge in [-0.1, -0.05) is 43.2 Å². The molecular weight excluding hydrogens is 350 g/mol. The molecule has 2 atom stereocenters. The Bertz CT molecular complexity index is 644. The van der Waals surface area contributed by atoms with E-state index in [-0.39, 0.29) is 17.0 Å². The van der Waals surface area contributed by atoms with E-state index in [1.807, 2.05) is 12.1 Å². The van der Waals surface area contributed by atoms with Crippen LogP contribution in [0, 0.1) is 5.92 Å². The van der Waals surface area contributed by atoms with Gasteiger partial charge in [0.05, 0.1) is 16.8 Å². The molecule has 0 aromatic heterocycles. The number of nitrogens with zero attached hydrogens (tertiary/aromatic N) is 1. The summed E-state index contributed by atoms with van der Waals surface area (Å²) in [5.41, 5.74) is 1.21. The first-order valence-electron chi connectivity index (χ1n) is 8.09. The third-order valence-electron chi connectivity index (χ3n) is 4.70. The van der Waals surface area contributed by atoms with Gasteiger partial charge in [0.15, 0.2) is 0 Å². The van der Waals surface area contributed by atoms with E-state index in [0.29, 0.717) is 11.8 Å². The van der Waals surface area contributed by atoms with Crippen LogP contribution in [0.15, 0.2) is 29.2 Å². The molecule has 0 amide bonds. The van der Waals surface area contributed by atoms with Crippen molar-refractivity contribution in [2.75, 3.05) is 16.4 Å². The fourth-order valence-electron chi connectivity index (χ4n) is 3.68. The Morgan fingerprint density at radius 3 is 2.61 bits per heavy atom. The normalized spacial score (nSPS) is 23.7. The second-order valence-corrected chi connectivity index (χ2v) is 9.39. The summed E-state index contributed by atoms with van der Waals surface area (Å²) in [6.45, 7) is 0. The minimum absolute atomic E-state index is 0.0231. The fraction of sp³-hybridized carbons (Fsp3) is 0.625. The van der Waals surface area contributed by atoms with Crippen molar-refractivity contribution in [1.29, 1.82) is 0 Å². The van der Waals surface area contributed by atoms with E-state index in [1.165, 1.54) is 29.8 Å². The first kappa shape index (κ1) is 17.5. The van der Waals surface area contributed by atoms with E-state index in [1.54, 1.807) is 11.8 Å². The maximum absolute atomic E-state index is 11.4. The van der Waals surface area contributed by atoms with Crippen molar-refractivity contribution in [2.24, 2.45) is 5.92 Å². The van der Waals surface area contributed by atoms with Crippen LogP contribution in [0.25, 0.3) is 0 Å². The number of para-hydroxylation sites is 1. The van der Waals surface area contributed by atoms with Gasteiger partial charge in [-0.15, -0.1) is 0 Å². The zero-order chi connectivity index (χ0) is 16.4. The van der Waals surface area contributed by atoms with Crippen LogP contribution < -0.4 is 4.90 Å². The number of thioether (sulfide) groups is 1. The maximum Gasteiger partial charge on any atom is 0.265 e. The first-order chi connectivity index (χ1) is 11.0. The second kappa shape index (κ2) is 7.25. The van der Waals surface area contributed by atoms with Crippen molar-refractivity contribution in [3.63, 3.8) is 0 Å². The van der Waals surface area contributed by atoms with Gasteiger partial charge in [0.1, 0.15) is 0 Å². The van der Waals surface area contributed by atoms with E-state index in [0.717, 1.165) is 12.8 Å². The summed E-state index contributed by atoms with van der Waals surface area (Å²) in [4.78, 5) is 3.61. The molecular formula is C16H23NO3S3. The summed E-state index contributed by atoms with van der Waals surface area (Å²) in [7, 11) is -4.00. The number of thiol groups is 1. The molecule has 3 rings (SSSR count). The van der Waals surface area contributed by atoms with Crippen LogP contribution >= 0.6 is 24.4 Å². The number of anilines is 1. The maximum atomic E-state index is 11.4. The second-order valence-electron chi connectivity index (χ2n) is 6.37. The number of fused-ring (bicyclic) bond motifs is 1. The smallest absolute Gasteiger partial charge is 0.265 e. The minimum Gasteiger partial charge on any atom is -0.355 e. The predicted octanol–water partition coefficient (Wildman–Crippen LogP) is 3.69. The van der Waals surface area contributed by atoms with E-state index >= 15 is 0 Å². The highest BCUT2D eigenvalue weighted by Gasteiger charge is 2.40. The lowest BCUT2D eigenvalue weighted by Crippen LogP contribution is -2.46. The Kier molecular flexibility index (Phi) is 5.50. The van der Waals surface area contributed by atoms with Gasteiger partial charge >= 0.3 is 0 Å². The molecule has 0 saturated heterocycles. The van der Waals surface area contributed by atoms with Crippen molar-refractivity contribution in [3.8, 4) is 0 Å². The SMILES string of the molecule is O=S(=O)(O)CC(CS)C1Sc2ccccc2N1C1CCCCC1. The van der Waals surface area contributed by atoms with Gasteiger partial charge in [-0.3, -0.25) is 4.55 Å². The number of benzene rings is 1. The average Bonchev–Trinajstić information content (AvgIpc) is 2.92. The molecule has 23 heavy (non-hydrogen) atoms. The van der Waals surface area contributed by atoms with Gasteiger partial charge in [-0.25, -0.2) is 0 Å². The molecule has 1 aliphatic carbocycles.